The highest BCUT2D eigenvalue weighted by Gasteiger charge is 2.67. The van der Waals surface area contributed by atoms with Crippen molar-refractivity contribution in [3.8, 4) is 0 Å². The summed E-state index contributed by atoms with van der Waals surface area (Å²) < 4.78 is 29.4. The molecular formula is C34H51O6P. The third kappa shape index (κ3) is 4.41. The summed E-state index contributed by atoms with van der Waals surface area (Å²) in [7, 11) is -3.95. The number of fused-ring (bicyclic) bond motifs is 7. The minimum Gasteiger partial charge on any atom is -0.511 e. The molecule has 3 fully saturated rings. The van der Waals surface area contributed by atoms with E-state index in [2.05, 4.69) is 52.8 Å². The Hall–Kier alpha value is -1.62. The van der Waals surface area contributed by atoms with E-state index in [1.165, 1.54) is 16.7 Å². The normalized spacial score (nSPS) is 42.1. The molecule has 0 aromatic heterocycles. The van der Waals surface area contributed by atoms with Gasteiger partial charge in [-0.3, -0.25) is 13.8 Å². The number of aliphatic hydroxyl groups excluding tert-OH is 1. The van der Waals surface area contributed by atoms with E-state index < -0.39 is 19.2 Å². The van der Waals surface area contributed by atoms with Crippen LogP contribution in [0.2, 0.25) is 0 Å². The van der Waals surface area contributed by atoms with E-state index in [1.54, 1.807) is 13.8 Å². The van der Waals surface area contributed by atoms with Gasteiger partial charge >= 0.3 is 13.8 Å². The molecule has 0 aliphatic heterocycles. The molecule has 6 nitrogen and oxygen atoms in total. The van der Waals surface area contributed by atoms with Crippen LogP contribution in [0.15, 0.2) is 46.3 Å². The molecule has 5 aliphatic rings. The Balaban J connectivity index is 1.52. The predicted octanol–water partition coefficient (Wildman–Crippen LogP) is 9.40. The van der Waals surface area contributed by atoms with Crippen LogP contribution in [0.25, 0.3) is 0 Å². The molecule has 41 heavy (non-hydrogen) atoms. The summed E-state index contributed by atoms with van der Waals surface area (Å²) in [5.74, 6) is 0.337. The largest absolute Gasteiger partial charge is 0.532 e. The molecule has 0 aromatic rings. The maximum Gasteiger partial charge on any atom is 0.532 e. The van der Waals surface area contributed by atoms with Crippen molar-refractivity contribution < 1.29 is 28.0 Å². The molecule has 7 atom stereocenters. The fourth-order valence-electron chi connectivity index (χ4n) is 9.59. The standard InChI is InChI=1S/C34H51O6P/c1-10-38-41(37,39-11-2)40-29(36)31(6)15-14-30(5)16-18-33(8)26-13-12-24-23(4)28(35)22(3)20-25(24)32(26,7)17-19-34(33,9)27(30)21-31/h12-13,20,22,27,35H,10-11,14-19,21H2,1-9H3/t22?,27-,30-,31-,32+,33-,34+/m1/s1. The average Bonchev–Trinajstić information content (AvgIpc) is 2.90. The van der Waals surface area contributed by atoms with Crippen LogP contribution in [0.3, 0.4) is 0 Å². The Labute approximate surface area is 247 Å². The van der Waals surface area contributed by atoms with Crippen molar-refractivity contribution in [3.63, 3.8) is 0 Å². The first kappa shape index (κ1) is 30.8. The topological polar surface area (TPSA) is 82.1 Å². The minimum absolute atomic E-state index is 0.0171. The van der Waals surface area contributed by atoms with E-state index in [-0.39, 0.29) is 40.8 Å². The molecular weight excluding hydrogens is 535 g/mol. The van der Waals surface area contributed by atoms with Gasteiger partial charge < -0.3 is 9.63 Å². The molecule has 0 saturated heterocycles. The minimum atomic E-state index is -3.95. The maximum atomic E-state index is 13.7. The van der Waals surface area contributed by atoms with Crippen LogP contribution in [0, 0.1) is 38.9 Å². The summed E-state index contributed by atoms with van der Waals surface area (Å²) in [4.78, 5) is 13.7. The Bertz CT molecular complexity index is 1300. The fourth-order valence-corrected chi connectivity index (χ4v) is 10.8. The predicted molar refractivity (Wildman–Crippen MR) is 162 cm³/mol. The second kappa shape index (κ2) is 9.96. The summed E-state index contributed by atoms with van der Waals surface area (Å²) in [6.45, 7) is 19.7. The van der Waals surface area contributed by atoms with Crippen molar-refractivity contribution in [1.29, 1.82) is 0 Å². The van der Waals surface area contributed by atoms with Crippen LogP contribution >= 0.6 is 7.82 Å². The van der Waals surface area contributed by atoms with Crippen molar-refractivity contribution >= 4 is 13.8 Å². The highest BCUT2D eigenvalue weighted by molar-refractivity contribution is 7.49. The highest BCUT2D eigenvalue weighted by atomic mass is 31.2. The van der Waals surface area contributed by atoms with Gasteiger partial charge in [0.15, 0.2) is 0 Å². The van der Waals surface area contributed by atoms with E-state index >= 15 is 0 Å². The number of phosphoric ester groups is 1. The first-order chi connectivity index (χ1) is 19.0. The molecule has 1 unspecified atom stereocenters. The van der Waals surface area contributed by atoms with Crippen LogP contribution in [0.1, 0.15) is 107 Å². The van der Waals surface area contributed by atoms with Crippen molar-refractivity contribution in [2.75, 3.05) is 13.2 Å². The number of aliphatic hydroxyl groups is 1. The van der Waals surface area contributed by atoms with Gasteiger partial charge in [-0.05, 0) is 112 Å². The Kier molecular flexibility index (Phi) is 7.49. The summed E-state index contributed by atoms with van der Waals surface area (Å²) in [5, 5.41) is 10.7. The number of rotatable bonds is 6. The zero-order valence-electron chi connectivity index (χ0n) is 26.7. The van der Waals surface area contributed by atoms with Crippen LogP contribution < -0.4 is 0 Å². The zero-order valence-corrected chi connectivity index (χ0v) is 27.6. The Morgan fingerprint density at radius 3 is 2.24 bits per heavy atom. The third-order valence-electron chi connectivity index (χ3n) is 12.5. The number of allylic oxidation sites excluding steroid dienone is 7. The second-order valence-corrected chi connectivity index (χ2v) is 16.3. The smallest absolute Gasteiger partial charge is 0.511 e. The highest BCUT2D eigenvalue weighted by Crippen LogP contribution is 2.75. The van der Waals surface area contributed by atoms with Crippen molar-refractivity contribution in [3.05, 3.63) is 46.3 Å². The van der Waals surface area contributed by atoms with Crippen molar-refractivity contribution in [1.82, 2.24) is 0 Å². The number of hydrogen-bond donors (Lipinski definition) is 1. The number of carbonyl (C=O) groups excluding carboxylic acids is 1. The zero-order chi connectivity index (χ0) is 30.2. The first-order valence-corrected chi connectivity index (χ1v) is 17.2. The number of carbonyl (C=O) groups is 1. The van der Waals surface area contributed by atoms with Crippen LogP contribution in [-0.2, 0) is 22.9 Å². The lowest BCUT2D eigenvalue weighted by Crippen LogP contribution is -2.62. The van der Waals surface area contributed by atoms with Gasteiger partial charge in [-0.1, -0.05) is 58.4 Å². The molecule has 0 bridgehead atoms. The van der Waals surface area contributed by atoms with Crippen LogP contribution in [0.5, 0.6) is 0 Å². The Morgan fingerprint density at radius 2 is 1.61 bits per heavy atom. The van der Waals surface area contributed by atoms with Gasteiger partial charge in [0.1, 0.15) is 5.76 Å². The van der Waals surface area contributed by atoms with Crippen molar-refractivity contribution in [2.45, 2.75) is 107 Å². The molecule has 0 amide bonds. The van der Waals surface area contributed by atoms with E-state index in [0.29, 0.717) is 24.5 Å². The summed E-state index contributed by atoms with van der Waals surface area (Å²) >= 11 is 0. The summed E-state index contributed by atoms with van der Waals surface area (Å²) in [6, 6.07) is 0. The molecule has 3 saturated carbocycles. The Morgan fingerprint density at radius 1 is 0.976 bits per heavy atom. The molecule has 228 valence electrons. The number of phosphoric acid groups is 1. The molecule has 7 heteroatoms. The fraction of sp³-hybridized carbons (Fsp3) is 0.735. The van der Waals surface area contributed by atoms with Gasteiger partial charge in [-0.15, -0.1) is 0 Å². The lowest BCUT2D eigenvalue weighted by atomic mass is 9.34. The van der Waals surface area contributed by atoms with Crippen LogP contribution in [0.4, 0.5) is 0 Å². The first-order valence-electron chi connectivity index (χ1n) is 15.7. The van der Waals surface area contributed by atoms with Gasteiger partial charge in [0, 0.05) is 11.3 Å². The van der Waals surface area contributed by atoms with Gasteiger partial charge in [0.25, 0.3) is 0 Å². The number of hydrogen-bond acceptors (Lipinski definition) is 6. The lowest BCUT2D eigenvalue weighted by Gasteiger charge is -2.70. The van der Waals surface area contributed by atoms with E-state index in [4.69, 9.17) is 13.6 Å². The van der Waals surface area contributed by atoms with Crippen LogP contribution in [-0.4, -0.2) is 24.3 Å². The molecule has 1 N–H and O–H groups in total. The van der Waals surface area contributed by atoms with Crippen molar-refractivity contribution in [2.24, 2.45) is 38.9 Å². The van der Waals surface area contributed by atoms with Gasteiger partial charge in [0.2, 0.25) is 0 Å². The van der Waals surface area contributed by atoms with Gasteiger partial charge in [-0.2, -0.15) is 0 Å². The molecule has 5 aliphatic carbocycles. The quantitative estimate of drug-likeness (QED) is 0.312. The second-order valence-electron chi connectivity index (χ2n) is 14.8. The molecule has 0 radical (unpaired) electrons. The summed E-state index contributed by atoms with van der Waals surface area (Å²) in [6.07, 6.45) is 13.6. The molecule has 0 heterocycles. The lowest BCUT2D eigenvalue weighted by molar-refractivity contribution is -0.177. The van der Waals surface area contributed by atoms with Gasteiger partial charge in [-0.25, -0.2) is 4.57 Å². The monoisotopic (exact) mass is 586 g/mol. The molecule has 5 rings (SSSR count). The molecule has 0 aromatic carbocycles. The van der Waals surface area contributed by atoms with E-state index in [1.807, 2.05) is 13.8 Å². The SMILES string of the molecule is CCOP(=O)(OCC)OC(=O)[C@]1(C)CC[C@]2(C)CC[C@]3(C)C4=CC=C5C(=CC(C)C(O)=C5C)[C@]4(C)CC[C@@]3(C)[C@@H]2C1. The van der Waals surface area contributed by atoms with E-state index in [0.717, 1.165) is 37.7 Å². The summed E-state index contributed by atoms with van der Waals surface area (Å²) in [5.41, 5.74) is 4.28. The third-order valence-corrected chi connectivity index (χ3v) is 14.0. The van der Waals surface area contributed by atoms with Gasteiger partial charge in [0.05, 0.1) is 18.6 Å². The van der Waals surface area contributed by atoms with E-state index in [9.17, 15) is 14.5 Å². The maximum absolute atomic E-state index is 13.7. The molecule has 0 spiro atoms. The average molecular weight is 587 g/mol.